The number of nitrogens with one attached hydrogen (secondary N) is 2. The SMILES string of the molecule is Cc1[nH]c2ccccc2c1CC(=O)NC(C(=O)O)C(C)C. The van der Waals surface area contributed by atoms with Gasteiger partial charge in [-0.1, -0.05) is 32.0 Å². The van der Waals surface area contributed by atoms with Gasteiger partial charge < -0.3 is 15.4 Å². The fourth-order valence-electron chi connectivity index (χ4n) is 2.46. The van der Waals surface area contributed by atoms with Crippen LogP contribution in [0.15, 0.2) is 24.3 Å². The van der Waals surface area contributed by atoms with E-state index < -0.39 is 12.0 Å². The predicted molar refractivity (Wildman–Crippen MR) is 81.1 cm³/mol. The van der Waals surface area contributed by atoms with Gasteiger partial charge in [0.25, 0.3) is 0 Å². The van der Waals surface area contributed by atoms with Gasteiger partial charge in [-0.3, -0.25) is 4.79 Å². The summed E-state index contributed by atoms with van der Waals surface area (Å²) < 4.78 is 0. The molecule has 0 radical (unpaired) electrons. The number of para-hydroxylation sites is 1. The van der Waals surface area contributed by atoms with E-state index in [1.54, 1.807) is 13.8 Å². The number of H-pyrrole nitrogens is 1. The van der Waals surface area contributed by atoms with Crippen molar-refractivity contribution in [3.8, 4) is 0 Å². The van der Waals surface area contributed by atoms with Crippen LogP contribution in [0.2, 0.25) is 0 Å². The van der Waals surface area contributed by atoms with Crippen molar-refractivity contribution in [2.45, 2.75) is 33.2 Å². The van der Waals surface area contributed by atoms with Crippen molar-refractivity contribution in [2.75, 3.05) is 0 Å². The van der Waals surface area contributed by atoms with Crippen LogP contribution in [0.5, 0.6) is 0 Å². The van der Waals surface area contributed by atoms with Crippen molar-refractivity contribution in [2.24, 2.45) is 5.92 Å². The van der Waals surface area contributed by atoms with Gasteiger partial charge in [-0.05, 0) is 24.5 Å². The fraction of sp³-hybridized carbons (Fsp3) is 0.375. The lowest BCUT2D eigenvalue weighted by Gasteiger charge is -2.17. The summed E-state index contributed by atoms with van der Waals surface area (Å²) in [7, 11) is 0. The molecule has 21 heavy (non-hydrogen) atoms. The van der Waals surface area contributed by atoms with Crippen molar-refractivity contribution >= 4 is 22.8 Å². The molecule has 1 unspecified atom stereocenters. The zero-order chi connectivity index (χ0) is 15.6. The molecule has 0 aliphatic heterocycles. The Labute approximate surface area is 123 Å². The zero-order valence-electron chi connectivity index (χ0n) is 12.4. The molecule has 0 spiro atoms. The first-order chi connectivity index (χ1) is 9.90. The maximum Gasteiger partial charge on any atom is 0.326 e. The lowest BCUT2D eigenvalue weighted by atomic mass is 10.0. The maximum atomic E-state index is 12.1. The summed E-state index contributed by atoms with van der Waals surface area (Å²) in [5.41, 5.74) is 2.83. The van der Waals surface area contributed by atoms with E-state index in [-0.39, 0.29) is 18.2 Å². The number of hydrogen-bond acceptors (Lipinski definition) is 2. The highest BCUT2D eigenvalue weighted by molar-refractivity contribution is 5.91. The first-order valence-electron chi connectivity index (χ1n) is 6.98. The molecule has 1 aromatic carbocycles. The van der Waals surface area contributed by atoms with E-state index in [9.17, 15) is 9.59 Å². The Kier molecular flexibility index (Phi) is 4.31. The molecule has 0 aliphatic rings. The van der Waals surface area contributed by atoms with Gasteiger partial charge in [-0.15, -0.1) is 0 Å². The molecule has 0 fully saturated rings. The van der Waals surface area contributed by atoms with E-state index in [4.69, 9.17) is 5.11 Å². The molecule has 3 N–H and O–H groups in total. The van der Waals surface area contributed by atoms with Crippen LogP contribution in [0.3, 0.4) is 0 Å². The van der Waals surface area contributed by atoms with E-state index in [0.717, 1.165) is 22.2 Å². The van der Waals surface area contributed by atoms with Crippen LogP contribution in [-0.2, 0) is 16.0 Å². The third-order valence-corrected chi connectivity index (χ3v) is 3.61. The quantitative estimate of drug-likeness (QED) is 0.789. The number of rotatable bonds is 5. The molecule has 5 heteroatoms. The number of aryl methyl sites for hydroxylation is 1. The Morgan fingerprint density at radius 3 is 2.57 bits per heavy atom. The Balaban J connectivity index is 2.18. The number of fused-ring (bicyclic) bond motifs is 1. The lowest BCUT2D eigenvalue weighted by molar-refractivity contribution is -0.143. The number of aromatic amines is 1. The van der Waals surface area contributed by atoms with Crippen LogP contribution in [-0.4, -0.2) is 28.0 Å². The summed E-state index contributed by atoms with van der Waals surface area (Å²) in [6.45, 7) is 5.46. The molecular formula is C16H20N2O3. The van der Waals surface area contributed by atoms with Crippen LogP contribution in [0.25, 0.3) is 10.9 Å². The minimum atomic E-state index is -1.01. The van der Waals surface area contributed by atoms with Crippen molar-refractivity contribution in [3.05, 3.63) is 35.5 Å². The van der Waals surface area contributed by atoms with Crippen molar-refractivity contribution in [3.63, 3.8) is 0 Å². The smallest absolute Gasteiger partial charge is 0.326 e. The monoisotopic (exact) mass is 288 g/mol. The van der Waals surface area contributed by atoms with Gasteiger partial charge in [0.05, 0.1) is 6.42 Å². The largest absolute Gasteiger partial charge is 0.480 e. The van der Waals surface area contributed by atoms with Crippen LogP contribution in [0, 0.1) is 12.8 Å². The number of aromatic nitrogens is 1. The minimum Gasteiger partial charge on any atom is -0.480 e. The second kappa shape index (κ2) is 5.99. The molecule has 2 aromatic rings. The summed E-state index contributed by atoms with van der Waals surface area (Å²) in [4.78, 5) is 26.5. The molecule has 2 rings (SSSR count). The molecule has 5 nitrogen and oxygen atoms in total. The van der Waals surface area contributed by atoms with Gasteiger partial charge in [-0.2, -0.15) is 0 Å². The van der Waals surface area contributed by atoms with Gasteiger partial charge in [0.15, 0.2) is 0 Å². The number of aliphatic carboxylic acids is 1. The number of carbonyl (C=O) groups is 2. The molecule has 0 saturated carbocycles. The Bertz CT molecular complexity index is 673. The first kappa shape index (κ1) is 15.1. The minimum absolute atomic E-state index is 0.157. The second-order valence-electron chi connectivity index (χ2n) is 5.58. The van der Waals surface area contributed by atoms with Crippen LogP contribution < -0.4 is 5.32 Å². The molecule has 112 valence electrons. The fourth-order valence-corrected chi connectivity index (χ4v) is 2.46. The van der Waals surface area contributed by atoms with Gasteiger partial charge >= 0.3 is 5.97 Å². The average molecular weight is 288 g/mol. The highest BCUT2D eigenvalue weighted by Gasteiger charge is 2.24. The van der Waals surface area contributed by atoms with Crippen molar-refractivity contribution in [1.29, 1.82) is 0 Å². The molecule has 1 amide bonds. The number of carboxylic acid groups (broad SMARTS) is 1. The van der Waals surface area contributed by atoms with Crippen LogP contribution in [0.4, 0.5) is 0 Å². The number of carbonyl (C=O) groups excluding carboxylic acids is 1. The van der Waals surface area contributed by atoms with Crippen molar-refractivity contribution in [1.82, 2.24) is 10.3 Å². The van der Waals surface area contributed by atoms with Gasteiger partial charge in [0.1, 0.15) is 6.04 Å². The van der Waals surface area contributed by atoms with Gasteiger partial charge in [-0.25, -0.2) is 4.79 Å². The van der Waals surface area contributed by atoms with E-state index in [0.29, 0.717) is 0 Å². The topological polar surface area (TPSA) is 82.2 Å². The third kappa shape index (κ3) is 3.24. The standard InChI is InChI=1S/C16H20N2O3/c1-9(2)15(16(20)21)18-14(19)8-12-10(3)17-13-7-5-4-6-11(12)13/h4-7,9,15,17H,8H2,1-3H3,(H,18,19)(H,20,21). The highest BCUT2D eigenvalue weighted by Crippen LogP contribution is 2.22. The Hall–Kier alpha value is -2.30. The van der Waals surface area contributed by atoms with Crippen molar-refractivity contribution < 1.29 is 14.7 Å². The molecular weight excluding hydrogens is 268 g/mol. The lowest BCUT2D eigenvalue weighted by Crippen LogP contribution is -2.44. The molecule has 0 bridgehead atoms. The Morgan fingerprint density at radius 1 is 1.29 bits per heavy atom. The normalized spacial score (nSPS) is 12.6. The van der Waals surface area contributed by atoms with Crippen LogP contribution in [0.1, 0.15) is 25.1 Å². The average Bonchev–Trinajstić information content (AvgIpc) is 2.72. The Morgan fingerprint density at radius 2 is 1.95 bits per heavy atom. The van der Waals surface area contributed by atoms with Crippen LogP contribution >= 0.6 is 0 Å². The molecule has 0 aliphatic carbocycles. The van der Waals surface area contributed by atoms with E-state index in [1.165, 1.54) is 0 Å². The van der Waals surface area contributed by atoms with E-state index in [2.05, 4.69) is 10.3 Å². The van der Waals surface area contributed by atoms with E-state index in [1.807, 2.05) is 31.2 Å². The molecule has 1 aromatic heterocycles. The zero-order valence-corrected chi connectivity index (χ0v) is 12.4. The number of hydrogen-bond donors (Lipinski definition) is 3. The molecule has 1 atom stereocenters. The summed E-state index contributed by atoms with van der Waals surface area (Å²) in [5.74, 6) is -1.44. The number of amides is 1. The summed E-state index contributed by atoms with van der Waals surface area (Å²) >= 11 is 0. The number of carboxylic acids is 1. The first-order valence-corrected chi connectivity index (χ1v) is 6.98. The summed E-state index contributed by atoms with van der Waals surface area (Å²) in [5, 5.41) is 12.7. The maximum absolute atomic E-state index is 12.1. The van der Waals surface area contributed by atoms with Gasteiger partial charge in [0.2, 0.25) is 5.91 Å². The van der Waals surface area contributed by atoms with Gasteiger partial charge in [0, 0.05) is 16.6 Å². The second-order valence-corrected chi connectivity index (χ2v) is 5.58. The third-order valence-electron chi connectivity index (χ3n) is 3.61. The number of benzene rings is 1. The van der Waals surface area contributed by atoms with E-state index >= 15 is 0 Å². The summed E-state index contributed by atoms with van der Waals surface area (Å²) in [6, 6.07) is 6.91. The predicted octanol–water partition coefficient (Wildman–Crippen LogP) is 2.24. The molecule has 0 saturated heterocycles. The summed E-state index contributed by atoms with van der Waals surface area (Å²) in [6.07, 6.45) is 0.173. The highest BCUT2D eigenvalue weighted by atomic mass is 16.4. The molecule has 1 heterocycles.